The van der Waals surface area contributed by atoms with Crippen molar-refractivity contribution in [3.63, 3.8) is 0 Å². The standard InChI is InChI=1S/C23H24F3NO4/c1-3-31-22(29)23(13-16-5-7-17(24)12-18(16)25)9-4-10-27(14-23)21(28)15-6-8-20(30-2)19(26)11-15/h5-8,11-12H,3-4,9-10,13-14H2,1-2H3. The zero-order chi connectivity index (χ0) is 22.6. The first-order valence-electron chi connectivity index (χ1n) is 10.0. The minimum atomic E-state index is -1.19. The number of likely N-dealkylation sites (tertiary alicyclic amines) is 1. The lowest BCUT2D eigenvalue weighted by atomic mass is 9.74. The van der Waals surface area contributed by atoms with E-state index >= 15 is 0 Å². The Balaban J connectivity index is 1.90. The van der Waals surface area contributed by atoms with Gasteiger partial charge in [0, 0.05) is 24.7 Å². The molecule has 1 aliphatic heterocycles. The van der Waals surface area contributed by atoms with Crippen LogP contribution in [0.4, 0.5) is 13.2 Å². The maximum atomic E-state index is 14.3. The molecule has 1 heterocycles. The second-order valence-corrected chi connectivity index (χ2v) is 7.59. The van der Waals surface area contributed by atoms with Crippen molar-refractivity contribution in [2.24, 2.45) is 5.41 Å². The van der Waals surface area contributed by atoms with Gasteiger partial charge in [-0.1, -0.05) is 6.07 Å². The Morgan fingerprint density at radius 2 is 1.87 bits per heavy atom. The van der Waals surface area contributed by atoms with Crippen LogP contribution in [0.5, 0.6) is 5.75 Å². The van der Waals surface area contributed by atoms with Crippen molar-refractivity contribution < 1.29 is 32.2 Å². The molecule has 1 atom stereocenters. The summed E-state index contributed by atoms with van der Waals surface area (Å²) in [6, 6.07) is 7.08. The molecule has 1 unspecified atom stereocenters. The number of carbonyl (C=O) groups excluding carboxylic acids is 2. The van der Waals surface area contributed by atoms with E-state index in [1.165, 1.54) is 30.2 Å². The molecule has 0 saturated carbocycles. The number of hydrogen-bond acceptors (Lipinski definition) is 4. The highest BCUT2D eigenvalue weighted by Gasteiger charge is 2.45. The van der Waals surface area contributed by atoms with E-state index < -0.39 is 34.7 Å². The highest BCUT2D eigenvalue weighted by Crippen LogP contribution is 2.37. The second-order valence-electron chi connectivity index (χ2n) is 7.59. The highest BCUT2D eigenvalue weighted by molar-refractivity contribution is 5.95. The number of piperidine rings is 1. The lowest BCUT2D eigenvalue weighted by Gasteiger charge is -2.41. The van der Waals surface area contributed by atoms with Gasteiger partial charge in [-0.15, -0.1) is 0 Å². The topological polar surface area (TPSA) is 55.8 Å². The van der Waals surface area contributed by atoms with E-state index in [1.807, 2.05) is 0 Å². The van der Waals surface area contributed by atoms with Gasteiger partial charge in [0.05, 0.1) is 19.1 Å². The van der Waals surface area contributed by atoms with E-state index in [0.717, 1.165) is 18.2 Å². The van der Waals surface area contributed by atoms with Gasteiger partial charge < -0.3 is 14.4 Å². The zero-order valence-electron chi connectivity index (χ0n) is 17.4. The molecule has 5 nitrogen and oxygen atoms in total. The number of ether oxygens (including phenoxy) is 2. The van der Waals surface area contributed by atoms with Crippen molar-refractivity contribution in [2.75, 3.05) is 26.8 Å². The summed E-state index contributed by atoms with van der Waals surface area (Å²) in [7, 11) is 1.33. The Kier molecular flexibility index (Phi) is 6.87. The van der Waals surface area contributed by atoms with Crippen LogP contribution in [0.25, 0.3) is 0 Å². The third kappa shape index (κ3) is 4.84. The summed E-state index contributed by atoms with van der Waals surface area (Å²) in [5.41, 5.74) is -0.904. The molecule has 0 aromatic heterocycles. The summed E-state index contributed by atoms with van der Waals surface area (Å²) in [4.78, 5) is 27.4. The molecule has 1 fully saturated rings. The molecule has 166 valence electrons. The molecule has 8 heteroatoms. The number of hydrogen-bond donors (Lipinski definition) is 0. The van der Waals surface area contributed by atoms with Gasteiger partial charge in [-0.3, -0.25) is 9.59 Å². The van der Waals surface area contributed by atoms with Gasteiger partial charge in [-0.05, 0) is 56.0 Å². The monoisotopic (exact) mass is 435 g/mol. The highest BCUT2D eigenvalue weighted by atomic mass is 19.1. The number of benzene rings is 2. The molecular weight excluding hydrogens is 411 g/mol. The van der Waals surface area contributed by atoms with Crippen molar-refractivity contribution in [3.8, 4) is 5.75 Å². The molecule has 2 aromatic rings. The number of esters is 1. The van der Waals surface area contributed by atoms with Gasteiger partial charge in [0.2, 0.25) is 0 Å². The van der Waals surface area contributed by atoms with Gasteiger partial charge in [-0.25, -0.2) is 13.2 Å². The molecule has 3 rings (SSSR count). The molecule has 0 N–H and O–H groups in total. The number of amides is 1. The van der Waals surface area contributed by atoms with Gasteiger partial charge in [0.25, 0.3) is 5.91 Å². The van der Waals surface area contributed by atoms with Crippen molar-refractivity contribution in [3.05, 3.63) is 65.0 Å². The van der Waals surface area contributed by atoms with E-state index in [0.29, 0.717) is 19.4 Å². The lowest BCUT2D eigenvalue weighted by molar-refractivity contribution is -0.158. The van der Waals surface area contributed by atoms with Gasteiger partial charge in [0.1, 0.15) is 11.6 Å². The molecule has 0 radical (unpaired) electrons. The largest absolute Gasteiger partial charge is 0.494 e. The van der Waals surface area contributed by atoms with E-state index in [4.69, 9.17) is 9.47 Å². The zero-order valence-corrected chi connectivity index (χ0v) is 17.4. The van der Waals surface area contributed by atoms with Crippen molar-refractivity contribution in [2.45, 2.75) is 26.2 Å². The molecule has 0 aliphatic carbocycles. The normalized spacial score (nSPS) is 18.5. The molecule has 1 amide bonds. The predicted octanol–water partition coefficient (Wildman–Crippen LogP) is 4.14. The van der Waals surface area contributed by atoms with Crippen LogP contribution in [0, 0.1) is 22.9 Å². The second kappa shape index (κ2) is 9.41. The molecule has 31 heavy (non-hydrogen) atoms. The first-order chi connectivity index (χ1) is 14.8. The van der Waals surface area contributed by atoms with Crippen molar-refractivity contribution in [1.29, 1.82) is 0 Å². The Morgan fingerprint density at radius 3 is 2.52 bits per heavy atom. The summed E-state index contributed by atoms with van der Waals surface area (Å²) in [6.45, 7) is 2.13. The summed E-state index contributed by atoms with van der Waals surface area (Å²) >= 11 is 0. The van der Waals surface area contributed by atoms with Crippen LogP contribution < -0.4 is 4.74 Å². The van der Waals surface area contributed by atoms with E-state index in [2.05, 4.69) is 0 Å². The summed E-state index contributed by atoms with van der Waals surface area (Å²) in [6.07, 6.45) is 0.814. The first-order valence-corrected chi connectivity index (χ1v) is 10.0. The Hall–Kier alpha value is -3.03. The molecule has 2 aromatic carbocycles. The third-order valence-electron chi connectivity index (χ3n) is 5.52. The van der Waals surface area contributed by atoms with Crippen LogP contribution in [0.15, 0.2) is 36.4 Å². The number of rotatable bonds is 6. The Labute approximate surface area is 178 Å². The minimum absolute atomic E-state index is 0.0165. The van der Waals surface area contributed by atoms with Gasteiger partial charge in [-0.2, -0.15) is 0 Å². The molecule has 1 aliphatic rings. The van der Waals surface area contributed by atoms with Crippen LogP contribution in [-0.2, 0) is 16.0 Å². The minimum Gasteiger partial charge on any atom is -0.494 e. The number of methoxy groups -OCH3 is 1. The summed E-state index contributed by atoms with van der Waals surface area (Å²) in [5.74, 6) is -3.12. The quantitative estimate of drug-likeness (QED) is 0.640. The number of nitrogens with zero attached hydrogens (tertiary/aromatic N) is 1. The Morgan fingerprint density at radius 1 is 1.10 bits per heavy atom. The van der Waals surface area contributed by atoms with Gasteiger partial charge in [0.15, 0.2) is 11.6 Å². The SMILES string of the molecule is CCOC(=O)C1(Cc2ccc(F)cc2F)CCCN(C(=O)c2ccc(OC)c(F)c2)C1. The average molecular weight is 435 g/mol. The maximum absolute atomic E-state index is 14.3. The fourth-order valence-electron chi connectivity index (χ4n) is 3.98. The number of carbonyl (C=O) groups is 2. The fraction of sp³-hybridized carbons (Fsp3) is 0.391. The maximum Gasteiger partial charge on any atom is 0.314 e. The predicted molar refractivity (Wildman–Crippen MR) is 107 cm³/mol. The number of halogens is 3. The fourth-order valence-corrected chi connectivity index (χ4v) is 3.98. The van der Waals surface area contributed by atoms with Crippen LogP contribution in [-0.4, -0.2) is 43.6 Å². The molecule has 0 bridgehead atoms. The van der Waals surface area contributed by atoms with Gasteiger partial charge >= 0.3 is 5.97 Å². The smallest absolute Gasteiger partial charge is 0.314 e. The third-order valence-corrected chi connectivity index (χ3v) is 5.52. The van der Waals surface area contributed by atoms with E-state index in [1.54, 1.807) is 6.92 Å². The summed E-state index contributed by atoms with van der Waals surface area (Å²) < 4.78 is 51.9. The molecular formula is C23H24F3NO4. The Bertz CT molecular complexity index is 981. The summed E-state index contributed by atoms with van der Waals surface area (Å²) in [5, 5.41) is 0. The first kappa shape index (κ1) is 22.7. The average Bonchev–Trinajstić information content (AvgIpc) is 2.75. The van der Waals surface area contributed by atoms with Crippen LogP contribution >= 0.6 is 0 Å². The van der Waals surface area contributed by atoms with E-state index in [-0.39, 0.29) is 36.4 Å². The molecule has 0 spiro atoms. The van der Waals surface area contributed by atoms with Crippen LogP contribution in [0.2, 0.25) is 0 Å². The van der Waals surface area contributed by atoms with Crippen molar-refractivity contribution in [1.82, 2.24) is 4.90 Å². The van der Waals surface area contributed by atoms with Crippen molar-refractivity contribution >= 4 is 11.9 Å². The lowest BCUT2D eigenvalue weighted by Crippen LogP contribution is -2.51. The van der Waals surface area contributed by atoms with Crippen LogP contribution in [0.3, 0.4) is 0 Å². The molecule has 1 saturated heterocycles. The van der Waals surface area contributed by atoms with Crippen LogP contribution in [0.1, 0.15) is 35.7 Å². The van der Waals surface area contributed by atoms with E-state index in [9.17, 15) is 22.8 Å².